The molecule has 3 heteroatoms. The van der Waals surface area contributed by atoms with E-state index in [-0.39, 0.29) is 0 Å². The highest BCUT2D eigenvalue weighted by Crippen LogP contribution is 1.88. The van der Waals surface area contributed by atoms with Crippen LogP contribution in [0.3, 0.4) is 0 Å². The van der Waals surface area contributed by atoms with Gasteiger partial charge in [-0.3, -0.25) is 0 Å². The van der Waals surface area contributed by atoms with Crippen LogP contribution in [0.4, 0.5) is 0 Å². The predicted octanol–water partition coefficient (Wildman–Crippen LogP) is 2.15. The summed E-state index contributed by atoms with van der Waals surface area (Å²) in [7, 11) is 1.89. The molecule has 0 spiro atoms. The summed E-state index contributed by atoms with van der Waals surface area (Å²) in [4.78, 5) is 0. The van der Waals surface area contributed by atoms with Gasteiger partial charge in [-0.25, -0.2) is 0 Å². The molecule has 2 N–H and O–H groups in total. The molecule has 0 aromatic rings. The number of halogens is 1. The molecular formula is C5H15ClNP. The Labute approximate surface area is 59.0 Å². The Bertz CT molecular complexity index is 24.4. The first-order valence-electron chi connectivity index (χ1n) is 2.83. The molecule has 0 heterocycles. The average Bonchev–Trinajstić information content (AvgIpc) is 1.88. The maximum absolute atomic E-state index is 5.21. The first-order chi connectivity index (χ1) is 3.91. The van der Waals surface area contributed by atoms with Gasteiger partial charge in [0, 0.05) is 0 Å². The van der Waals surface area contributed by atoms with Crippen LogP contribution in [-0.2, 0) is 0 Å². The Morgan fingerprint density at radius 1 is 1.38 bits per heavy atom. The van der Waals surface area contributed by atoms with E-state index in [0.29, 0.717) is 0 Å². The van der Waals surface area contributed by atoms with Gasteiger partial charge in [0.2, 0.25) is 0 Å². The average molecular weight is 156 g/mol. The van der Waals surface area contributed by atoms with E-state index in [9.17, 15) is 0 Å². The number of unbranched alkanes of at least 4 members (excludes halogenated alkanes) is 2. The van der Waals surface area contributed by atoms with Gasteiger partial charge in [0.05, 0.1) is 0 Å². The van der Waals surface area contributed by atoms with Crippen molar-refractivity contribution in [1.82, 2.24) is 0 Å². The third kappa shape index (κ3) is 15.9. The van der Waals surface area contributed by atoms with Gasteiger partial charge in [-0.2, -0.15) is 0 Å². The summed E-state index contributed by atoms with van der Waals surface area (Å²) in [6.07, 6.45) is 3.75. The summed E-state index contributed by atoms with van der Waals surface area (Å²) in [6.45, 7) is 3.03. The third-order valence-electron chi connectivity index (χ3n) is 0.808. The Morgan fingerprint density at radius 3 is 2.00 bits per heavy atom. The molecule has 0 saturated heterocycles. The molecule has 0 aromatic carbocycles. The molecule has 0 rings (SSSR count). The zero-order chi connectivity index (χ0) is 6.83. The molecule has 0 aliphatic rings. The molecule has 52 valence electrons. The minimum Gasteiger partial charge on any atom is -0.330 e. The Balaban J connectivity index is 0. The Kier molecular flexibility index (Phi) is 22.4. The van der Waals surface area contributed by atoms with Crippen molar-refractivity contribution in [2.45, 2.75) is 26.2 Å². The van der Waals surface area contributed by atoms with E-state index in [1.54, 1.807) is 0 Å². The third-order valence-corrected chi connectivity index (χ3v) is 0.808. The van der Waals surface area contributed by atoms with Crippen LogP contribution in [0.5, 0.6) is 0 Å². The molecule has 0 aliphatic heterocycles. The van der Waals surface area contributed by atoms with Crippen molar-refractivity contribution in [3.63, 3.8) is 0 Å². The molecule has 0 aliphatic carbocycles. The van der Waals surface area contributed by atoms with Crippen LogP contribution in [0, 0.1) is 0 Å². The first-order valence-corrected chi connectivity index (χ1v) is 4.58. The lowest BCUT2D eigenvalue weighted by molar-refractivity contribution is 0.727. The van der Waals surface area contributed by atoms with E-state index in [4.69, 9.17) is 5.73 Å². The highest BCUT2D eigenvalue weighted by Gasteiger charge is 1.75. The topological polar surface area (TPSA) is 26.0 Å². The summed E-state index contributed by atoms with van der Waals surface area (Å²) in [5.74, 6) is 0. The molecule has 0 aromatic heterocycles. The second-order valence-electron chi connectivity index (χ2n) is 1.50. The molecule has 1 unspecified atom stereocenters. The van der Waals surface area contributed by atoms with Crippen LogP contribution in [0.25, 0.3) is 0 Å². The van der Waals surface area contributed by atoms with Gasteiger partial charge in [0.15, 0.2) is 0 Å². The Hall–Kier alpha value is 0.680. The molecule has 0 fully saturated rings. The standard InChI is InChI=1S/C5H13N.ClH2P/c1-2-3-4-5-6;1-2/h2-6H2,1H3;2H2. The van der Waals surface area contributed by atoms with Crippen molar-refractivity contribution in [1.29, 1.82) is 0 Å². The highest BCUT2D eigenvalue weighted by molar-refractivity contribution is 7.52. The summed E-state index contributed by atoms with van der Waals surface area (Å²) in [6, 6.07) is 0. The molecule has 0 bridgehead atoms. The zero-order valence-electron chi connectivity index (χ0n) is 5.36. The van der Waals surface area contributed by atoms with E-state index >= 15 is 0 Å². The van der Waals surface area contributed by atoms with Crippen molar-refractivity contribution >= 4 is 19.8 Å². The fourth-order valence-electron chi connectivity index (χ4n) is 0.394. The lowest BCUT2D eigenvalue weighted by atomic mass is 10.3. The van der Waals surface area contributed by atoms with Gasteiger partial charge >= 0.3 is 0 Å². The van der Waals surface area contributed by atoms with Gasteiger partial charge < -0.3 is 5.73 Å². The van der Waals surface area contributed by atoms with Crippen molar-refractivity contribution < 1.29 is 0 Å². The SMILES string of the molecule is CCCCCN.PCl. The minimum absolute atomic E-state index is 0.855. The normalized spacial score (nSPS) is 7.50. The number of hydrogen-bond donors (Lipinski definition) is 1. The fraction of sp³-hybridized carbons (Fsp3) is 1.00. The van der Waals surface area contributed by atoms with Crippen molar-refractivity contribution in [2.24, 2.45) is 5.73 Å². The molecule has 1 atom stereocenters. The number of nitrogens with two attached hydrogens (primary N) is 1. The highest BCUT2D eigenvalue weighted by atomic mass is 35.7. The van der Waals surface area contributed by atoms with Crippen LogP contribution in [0.1, 0.15) is 26.2 Å². The number of rotatable bonds is 3. The van der Waals surface area contributed by atoms with Gasteiger partial charge in [-0.15, -0.1) is 11.2 Å². The van der Waals surface area contributed by atoms with Crippen molar-refractivity contribution in [2.75, 3.05) is 6.54 Å². The van der Waals surface area contributed by atoms with Crippen molar-refractivity contribution in [3.8, 4) is 0 Å². The quantitative estimate of drug-likeness (QED) is 0.491. The monoisotopic (exact) mass is 155 g/mol. The molecule has 0 amide bonds. The predicted molar refractivity (Wildman–Crippen MR) is 44.1 cm³/mol. The van der Waals surface area contributed by atoms with Gasteiger partial charge in [0.1, 0.15) is 0 Å². The van der Waals surface area contributed by atoms with Crippen LogP contribution in [-0.4, -0.2) is 6.54 Å². The smallest absolute Gasteiger partial charge is 0.00773 e. The second kappa shape index (κ2) is 15.6. The second-order valence-corrected chi connectivity index (χ2v) is 1.50. The van der Waals surface area contributed by atoms with Crippen molar-refractivity contribution in [3.05, 3.63) is 0 Å². The van der Waals surface area contributed by atoms with Crippen LogP contribution >= 0.6 is 19.8 Å². The summed E-state index contributed by atoms with van der Waals surface area (Å²) in [5, 5.41) is 0. The van der Waals surface area contributed by atoms with E-state index in [1.807, 2.05) is 8.59 Å². The maximum Gasteiger partial charge on any atom is -0.00773 e. The van der Waals surface area contributed by atoms with E-state index in [2.05, 4.69) is 18.2 Å². The minimum atomic E-state index is 0.855. The van der Waals surface area contributed by atoms with E-state index in [1.165, 1.54) is 19.3 Å². The van der Waals surface area contributed by atoms with E-state index in [0.717, 1.165) is 6.54 Å². The van der Waals surface area contributed by atoms with Crippen LogP contribution in [0.2, 0.25) is 0 Å². The fourth-order valence-corrected chi connectivity index (χ4v) is 0.394. The largest absolute Gasteiger partial charge is 0.330 e. The zero-order valence-corrected chi connectivity index (χ0v) is 7.27. The summed E-state index contributed by atoms with van der Waals surface area (Å²) < 4.78 is 0. The number of hydrogen-bond acceptors (Lipinski definition) is 1. The van der Waals surface area contributed by atoms with Gasteiger partial charge in [-0.05, 0) is 21.6 Å². The lowest BCUT2D eigenvalue weighted by Crippen LogP contribution is -1.96. The molecule has 0 radical (unpaired) electrons. The molecular weight excluding hydrogens is 140 g/mol. The summed E-state index contributed by atoms with van der Waals surface area (Å²) >= 11 is 4.56. The molecule has 1 nitrogen and oxygen atoms in total. The summed E-state index contributed by atoms with van der Waals surface area (Å²) in [5.41, 5.74) is 5.21. The maximum atomic E-state index is 5.21. The Morgan fingerprint density at radius 2 is 1.88 bits per heavy atom. The van der Waals surface area contributed by atoms with Gasteiger partial charge in [0.25, 0.3) is 0 Å². The first kappa shape index (κ1) is 11.5. The van der Waals surface area contributed by atoms with Crippen LogP contribution < -0.4 is 5.73 Å². The van der Waals surface area contributed by atoms with Gasteiger partial charge in [-0.1, -0.05) is 19.8 Å². The van der Waals surface area contributed by atoms with E-state index < -0.39 is 0 Å². The molecule has 8 heavy (non-hydrogen) atoms. The molecule has 0 saturated carbocycles. The van der Waals surface area contributed by atoms with Crippen LogP contribution in [0.15, 0.2) is 0 Å². The lowest BCUT2D eigenvalue weighted by Gasteiger charge is -1.86.